The van der Waals surface area contributed by atoms with Gasteiger partial charge in [0.1, 0.15) is 0 Å². The molecule has 2 aromatic carbocycles. The molecule has 0 bridgehead atoms. The van der Waals surface area contributed by atoms with Gasteiger partial charge in [-0.3, -0.25) is 4.72 Å². The smallest absolute Gasteiger partial charge is 0.236 e. The molecule has 0 unspecified atom stereocenters. The number of rotatable bonds is 4. The number of nitrogens with one attached hydrogen (secondary N) is 1. The Morgan fingerprint density at radius 2 is 1.95 bits per heavy atom. The predicted molar refractivity (Wildman–Crippen MR) is 83.3 cm³/mol. The van der Waals surface area contributed by atoms with Crippen molar-refractivity contribution in [3.05, 3.63) is 58.6 Å². The fourth-order valence-corrected chi connectivity index (χ4v) is 3.24. The lowest BCUT2D eigenvalue weighted by atomic mass is 10.2. The van der Waals surface area contributed by atoms with Gasteiger partial charge in [-0.05, 0) is 42.3 Å². The number of benzene rings is 2. The van der Waals surface area contributed by atoms with Crippen LogP contribution in [0.25, 0.3) is 0 Å². The number of nitrogens with two attached hydrogens (primary N) is 1. The molecular formula is C14H15ClN2O2S. The summed E-state index contributed by atoms with van der Waals surface area (Å²) in [5.41, 5.74) is 8.11. The molecule has 106 valence electrons. The molecule has 0 saturated heterocycles. The first-order valence-corrected chi connectivity index (χ1v) is 8.00. The quantitative estimate of drug-likeness (QED) is 0.852. The van der Waals surface area contributed by atoms with Gasteiger partial charge in [-0.1, -0.05) is 29.8 Å². The van der Waals surface area contributed by atoms with Crippen LogP contribution in [0.5, 0.6) is 0 Å². The maximum Gasteiger partial charge on any atom is 0.236 e. The summed E-state index contributed by atoms with van der Waals surface area (Å²) < 4.78 is 26.8. The molecule has 0 atom stereocenters. The third kappa shape index (κ3) is 3.88. The van der Waals surface area contributed by atoms with Crippen molar-refractivity contribution in [2.45, 2.75) is 12.7 Å². The summed E-state index contributed by atoms with van der Waals surface area (Å²) >= 11 is 5.98. The van der Waals surface area contributed by atoms with E-state index < -0.39 is 10.0 Å². The highest BCUT2D eigenvalue weighted by molar-refractivity contribution is 7.91. The second kappa shape index (κ2) is 5.73. The highest BCUT2D eigenvalue weighted by Crippen LogP contribution is 2.24. The Morgan fingerprint density at radius 1 is 1.20 bits per heavy atom. The van der Waals surface area contributed by atoms with Crippen molar-refractivity contribution in [1.82, 2.24) is 0 Å². The van der Waals surface area contributed by atoms with E-state index >= 15 is 0 Å². The molecule has 0 aliphatic rings. The standard InChI is InChI=1S/C14H15ClN2O2S/c1-10-5-6-13(15)14(7-10)17-20(18,19)9-11-3-2-4-12(16)8-11/h2-8,17H,9,16H2,1H3. The van der Waals surface area contributed by atoms with E-state index in [0.717, 1.165) is 5.56 Å². The molecule has 0 heterocycles. The average molecular weight is 311 g/mol. The van der Waals surface area contributed by atoms with E-state index in [4.69, 9.17) is 17.3 Å². The first-order valence-electron chi connectivity index (χ1n) is 5.97. The van der Waals surface area contributed by atoms with Crippen LogP contribution in [-0.2, 0) is 15.8 Å². The molecule has 6 heteroatoms. The zero-order valence-electron chi connectivity index (χ0n) is 10.9. The van der Waals surface area contributed by atoms with Crippen LogP contribution in [0.3, 0.4) is 0 Å². The molecule has 0 aliphatic carbocycles. The Hall–Kier alpha value is -1.72. The summed E-state index contributed by atoms with van der Waals surface area (Å²) in [6.07, 6.45) is 0. The van der Waals surface area contributed by atoms with Crippen LogP contribution < -0.4 is 10.5 Å². The largest absolute Gasteiger partial charge is 0.399 e. The fourth-order valence-electron chi connectivity index (χ4n) is 1.82. The number of nitrogen functional groups attached to an aromatic ring is 1. The topological polar surface area (TPSA) is 72.2 Å². The highest BCUT2D eigenvalue weighted by Gasteiger charge is 2.14. The van der Waals surface area contributed by atoms with Gasteiger partial charge in [0.2, 0.25) is 10.0 Å². The lowest BCUT2D eigenvalue weighted by Crippen LogP contribution is -2.15. The Balaban J connectivity index is 2.21. The first kappa shape index (κ1) is 14.7. The van der Waals surface area contributed by atoms with Crippen LogP contribution in [0.1, 0.15) is 11.1 Å². The monoisotopic (exact) mass is 310 g/mol. The molecule has 0 amide bonds. The second-order valence-corrected chi connectivity index (χ2v) is 6.72. The maximum absolute atomic E-state index is 12.1. The molecule has 0 fully saturated rings. The normalized spacial score (nSPS) is 11.3. The van der Waals surface area contributed by atoms with Gasteiger partial charge in [0.05, 0.1) is 16.5 Å². The Kier molecular flexibility index (Phi) is 4.20. The molecule has 0 spiro atoms. The lowest BCUT2D eigenvalue weighted by molar-refractivity contribution is 0.600. The van der Waals surface area contributed by atoms with Crippen LogP contribution in [0.15, 0.2) is 42.5 Å². The summed E-state index contributed by atoms with van der Waals surface area (Å²) in [5.74, 6) is -0.150. The molecular weight excluding hydrogens is 296 g/mol. The Bertz CT molecular complexity index is 730. The number of aryl methyl sites for hydroxylation is 1. The van der Waals surface area contributed by atoms with E-state index in [-0.39, 0.29) is 5.75 Å². The SMILES string of the molecule is Cc1ccc(Cl)c(NS(=O)(=O)Cc2cccc(N)c2)c1. The molecule has 2 rings (SSSR count). The van der Waals surface area contributed by atoms with Crippen LogP contribution in [0.4, 0.5) is 11.4 Å². The van der Waals surface area contributed by atoms with Crippen molar-refractivity contribution in [1.29, 1.82) is 0 Å². The van der Waals surface area contributed by atoms with Crippen LogP contribution >= 0.6 is 11.6 Å². The van der Waals surface area contributed by atoms with E-state index in [1.807, 2.05) is 13.0 Å². The van der Waals surface area contributed by atoms with E-state index in [1.165, 1.54) is 0 Å². The number of hydrogen-bond acceptors (Lipinski definition) is 3. The van der Waals surface area contributed by atoms with Gasteiger partial charge >= 0.3 is 0 Å². The average Bonchev–Trinajstić information content (AvgIpc) is 2.33. The number of halogens is 1. The van der Waals surface area contributed by atoms with Gasteiger partial charge in [-0.25, -0.2) is 8.42 Å². The highest BCUT2D eigenvalue weighted by atomic mass is 35.5. The summed E-state index contributed by atoms with van der Waals surface area (Å²) in [6.45, 7) is 1.87. The summed E-state index contributed by atoms with van der Waals surface area (Å²) in [5, 5.41) is 0.367. The molecule has 0 radical (unpaired) electrons. The minimum atomic E-state index is -3.53. The second-order valence-electron chi connectivity index (χ2n) is 4.59. The van der Waals surface area contributed by atoms with Gasteiger partial charge in [-0.15, -0.1) is 0 Å². The summed E-state index contributed by atoms with van der Waals surface area (Å²) in [6, 6.07) is 12.0. The molecule has 0 aromatic heterocycles. The maximum atomic E-state index is 12.1. The molecule has 20 heavy (non-hydrogen) atoms. The van der Waals surface area contributed by atoms with E-state index in [0.29, 0.717) is 22.0 Å². The predicted octanol–water partition coefficient (Wildman–Crippen LogP) is 3.17. The van der Waals surface area contributed by atoms with Crippen molar-refractivity contribution in [3.63, 3.8) is 0 Å². The van der Waals surface area contributed by atoms with E-state index in [2.05, 4.69) is 4.72 Å². The van der Waals surface area contributed by atoms with Crippen LogP contribution in [0.2, 0.25) is 5.02 Å². The van der Waals surface area contributed by atoms with Crippen molar-refractivity contribution in [2.24, 2.45) is 0 Å². The van der Waals surface area contributed by atoms with Gasteiger partial charge < -0.3 is 5.73 Å². The van der Waals surface area contributed by atoms with E-state index in [1.54, 1.807) is 36.4 Å². The summed E-state index contributed by atoms with van der Waals surface area (Å²) in [4.78, 5) is 0. The zero-order chi connectivity index (χ0) is 14.8. The molecule has 0 saturated carbocycles. The lowest BCUT2D eigenvalue weighted by Gasteiger charge is -2.10. The van der Waals surface area contributed by atoms with Gasteiger partial charge in [0.25, 0.3) is 0 Å². The minimum absolute atomic E-state index is 0.150. The zero-order valence-corrected chi connectivity index (χ0v) is 12.5. The Labute approximate surface area is 123 Å². The molecule has 3 N–H and O–H groups in total. The molecule has 0 aliphatic heterocycles. The number of sulfonamides is 1. The fraction of sp³-hybridized carbons (Fsp3) is 0.143. The van der Waals surface area contributed by atoms with Gasteiger partial charge in [-0.2, -0.15) is 0 Å². The first-order chi connectivity index (χ1) is 9.35. The molecule has 2 aromatic rings. The van der Waals surface area contributed by atoms with Gasteiger partial charge in [0, 0.05) is 5.69 Å². The third-order valence-electron chi connectivity index (χ3n) is 2.70. The Morgan fingerprint density at radius 3 is 2.65 bits per heavy atom. The summed E-state index contributed by atoms with van der Waals surface area (Å²) in [7, 11) is -3.53. The minimum Gasteiger partial charge on any atom is -0.399 e. The van der Waals surface area contributed by atoms with Crippen molar-refractivity contribution in [3.8, 4) is 0 Å². The third-order valence-corrected chi connectivity index (χ3v) is 4.27. The number of anilines is 2. The van der Waals surface area contributed by atoms with Crippen molar-refractivity contribution >= 4 is 33.0 Å². The van der Waals surface area contributed by atoms with Crippen molar-refractivity contribution in [2.75, 3.05) is 10.5 Å². The van der Waals surface area contributed by atoms with Crippen molar-refractivity contribution < 1.29 is 8.42 Å². The molecule has 4 nitrogen and oxygen atoms in total. The van der Waals surface area contributed by atoms with Crippen LogP contribution in [0, 0.1) is 6.92 Å². The van der Waals surface area contributed by atoms with Gasteiger partial charge in [0.15, 0.2) is 0 Å². The van der Waals surface area contributed by atoms with Crippen LogP contribution in [-0.4, -0.2) is 8.42 Å². The number of hydrogen-bond donors (Lipinski definition) is 2. The van der Waals surface area contributed by atoms with E-state index in [9.17, 15) is 8.42 Å².